The predicted octanol–water partition coefficient (Wildman–Crippen LogP) is 3.29. The Morgan fingerprint density at radius 1 is 1.21 bits per heavy atom. The summed E-state index contributed by atoms with van der Waals surface area (Å²) >= 11 is 6.02. The van der Waals surface area contributed by atoms with E-state index in [2.05, 4.69) is 10.3 Å². The number of nitrogens with two attached hydrogens (primary N) is 1. The van der Waals surface area contributed by atoms with Gasteiger partial charge in [0.2, 0.25) is 10.0 Å². The van der Waals surface area contributed by atoms with Gasteiger partial charge in [0.25, 0.3) is 0 Å². The van der Waals surface area contributed by atoms with Crippen molar-refractivity contribution in [3.8, 4) is 5.75 Å². The number of primary sulfonamides is 1. The highest BCUT2D eigenvalue weighted by Crippen LogP contribution is 2.32. The Morgan fingerprint density at radius 3 is 2.71 bits per heavy atom. The molecule has 1 heterocycles. The lowest BCUT2D eigenvalue weighted by Crippen LogP contribution is -2.13. The number of anilines is 2. The van der Waals surface area contributed by atoms with Crippen LogP contribution in [0.5, 0.6) is 5.75 Å². The van der Waals surface area contributed by atoms with E-state index in [0.29, 0.717) is 27.4 Å². The number of aromatic nitrogens is 1. The maximum Gasteiger partial charge on any atom is 0.240 e. The molecule has 0 aliphatic carbocycles. The van der Waals surface area contributed by atoms with Gasteiger partial charge in [0.15, 0.2) is 0 Å². The molecule has 0 radical (unpaired) electrons. The van der Waals surface area contributed by atoms with Gasteiger partial charge >= 0.3 is 0 Å². The van der Waals surface area contributed by atoms with Gasteiger partial charge in [-0.2, -0.15) is 0 Å². The minimum absolute atomic E-state index is 0.0164. The number of pyridine rings is 1. The summed E-state index contributed by atoms with van der Waals surface area (Å²) in [4.78, 5) is 4.14. The van der Waals surface area contributed by atoms with Gasteiger partial charge in [-0.15, -0.1) is 0 Å². The number of benzene rings is 2. The summed E-state index contributed by atoms with van der Waals surface area (Å²) in [6, 6.07) is 11.8. The van der Waals surface area contributed by atoms with Crippen molar-refractivity contribution >= 4 is 43.9 Å². The van der Waals surface area contributed by atoms with Gasteiger partial charge in [0.05, 0.1) is 17.6 Å². The summed E-state index contributed by atoms with van der Waals surface area (Å²) in [5, 5.41) is 9.61. The summed E-state index contributed by atoms with van der Waals surface area (Å²) in [5.41, 5.74) is 1.74. The second-order valence-electron chi connectivity index (χ2n) is 5.03. The van der Waals surface area contributed by atoms with E-state index in [9.17, 15) is 8.42 Å². The predicted molar refractivity (Wildman–Crippen MR) is 94.4 cm³/mol. The van der Waals surface area contributed by atoms with Crippen molar-refractivity contribution in [1.29, 1.82) is 0 Å². The molecule has 0 fully saturated rings. The number of fused-ring (bicyclic) bond motifs is 1. The van der Waals surface area contributed by atoms with E-state index in [1.807, 2.05) is 0 Å². The number of hydrogen-bond donors (Lipinski definition) is 2. The number of nitrogens with one attached hydrogen (secondary N) is 1. The second-order valence-corrected chi connectivity index (χ2v) is 6.97. The molecule has 24 heavy (non-hydrogen) atoms. The molecule has 3 rings (SSSR count). The first-order chi connectivity index (χ1) is 11.4. The van der Waals surface area contributed by atoms with Crippen LogP contribution in [0, 0.1) is 0 Å². The third-order valence-corrected chi connectivity index (χ3v) is 4.73. The maximum atomic E-state index is 11.7. The lowest BCUT2D eigenvalue weighted by Gasteiger charge is -2.12. The van der Waals surface area contributed by atoms with E-state index in [1.54, 1.807) is 36.4 Å². The molecule has 6 nitrogen and oxygen atoms in total. The van der Waals surface area contributed by atoms with Crippen LogP contribution in [0.1, 0.15) is 0 Å². The van der Waals surface area contributed by atoms with E-state index in [-0.39, 0.29) is 4.90 Å². The minimum atomic E-state index is -3.86. The Kier molecular flexibility index (Phi) is 4.31. The van der Waals surface area contributed by atoms with Crippen LogP contribution in [0.25, 0.3) is 10.9 Å². The second kappa shape index (κ2) is 6.27. The summed E-state index contributed by atoms with van der Waals surface area (Å²) < 4.78 is 28.6. The zero-order valence-corrected chi connectivity index (χ0v) is 14.2. The molecule has 0 unspecified atom stereocenters. The Morgan fingerprint density at radius 2 is 2.00 bits per heavy atom. The molecule has 3 N–H and O–H groups in total. The first-order valence-electron chi connectivity index (χ1n) is 6.91. The van der Waals surface area contributed by atoms with Crippen molar-refractivity contribution in [2.75, 3.05) is 12.4 Å². The molecule has 0 saturated carbocycles. The van der Waals surface area contributed by atoms with Gasteiger partial charge in [0, 0.05) is 29.0 Å². The van der Waals surface area contributed by atoms with Crippen LogP contribution in [0.3, 0.4) is 0 Å². The molecule has 1 aromatic heterocycles. The van der Waals surface area contributed by atoms with Crippen molar-refractivity contribution < 1.29 is 13.2 Å². The summed E-state index contributed by atoms with van der Waals surface area (Å²) in [6.45, 7) is 0. The van der Waals surface area contributed by atoms with E-state index in [4.69, 9.17) is 21.5 Å². The summed E-state index contributed by atoms with van der Waals surface area (Å²) in [5.74, 6) is 0.533. The number of hydrogen-bond acceptors (Lipinski definition) is 5. The number of ether oxygens (including phenoxy) is 1. The molecule has 0 amide bonds. The highest BCUT2D eigenvalue weighted by atomic mass is 35.5. The molecule has 0 saturated heterocycles. The first kappa shape index (κ1) is 16.5. The molecule has 3 aromatic rings. The maximum absolute atomic E-state index is 11.7. The van der Waals surface area contributed by atoms with Crippen molar-refractivity contribution in [2.24, 2.45) is 5.14 Å². The average Bonchev–Trinajstić information content (AvgIpc) is 2.55. The van der Waals surface area contributed by atoms with E-state index >= 15 is 0 Å². The van der Waals surface area contributed by atoms with Gasteiger partial charge in [-0.05, 0) is 24.3 Å². The Labute approximate surface area is 144 Å². The van der Waals surface area contributed by atoms with Crippen LogP contribution in [0.2, 0.25) is 5.02 Å². The fourth-order valence-electron chi connectivity index (χ4n) is 2.38. The number of nitrogens with zero attached hydrogens (tertiary/aromatic N) is 1. The SMILES string of the molecule is COc1cc(Nc2ccnc3c(S(N)(=O)=O)cccc23)ccc1Cl. The topological polar surface area (TPSA) is 94.3 Å². The van der Waals surface area contributed by atoms with Crippen LogP contribution < -0.4 is 15.2 Å². The Balaban J connectivity index is 2.11. The quantitative estimate of drug-likeness (QED) is 0.741. The fourth-order valence-corrected chi connectivity index (χ4v) is 3.28. The first-order valence-corrected chi connectivity index (χ1v) is 8.83. The van der Waals surface area contributed by atoms with Crippen LogP contribution >= 0.6 is 11.6 Å². The zero-order chi connectivity index (χ0) is 17.3. The Hall–Kier alpha value is -2.35. The largest absolute Gasteiger partial charge is 0.495 e. The zero-order valence-electron chi connectivity index (χ0n) is 12.7. The molecule has 8 heteroatoms. The van der Waals surface area contributed by atoms with Crippen LogP contribution in [-0.4, -0.2) is 20.5 Å². The normalized spacial score (nSPS) is 11.5. The van der Waals surface area contributed by atoms with Crippen molar-refractivity contribution in [2.45, 2.75) is 4.90 Å². The number of methoxy groups -OCH3 is 1. The van der Waals surface area contributed by atoms with Crippen molar-refractivity contribution in [3.05, 3.63) is 53.7 Å². The standard InChI is InChI=1S/C16H14ClN3O3S/c1-23-14-9-10(5-6-12(14)17)20-13-7-8-19-16-11(13)3-2-4-15(16)24(18,21)22/h2-9H,1H3,(H,19,20)(H2,18,21,22). The highest BCUT2D eigenvalue weighted by molar-refractivity contribution is 7.89. The minimum Gasteiger partial charge on any atom is -0.495 e. The summed E-state index contributed by atoms with van der Waals surface area (Å²) in [6.07, 6.45) is 1.52. The molecule has 2 aromatic carbocycles. The molecule has 0 atom stereocenters. The van der Waals surface area contributed by atoms with E-state index < -0.39 is 10.0 Å². The molecular weight excluding hydrogens is 350 g/mol. The van der Waals surface area contributed by atoms with Crippen molar-refractivity contribution in [3.63, 3.8) is 0 Å². The molecule has 0 aliphatic rings. The monoisotopic (exact) mass is 363 g/mol. The van der Waals surface area contributed by atoms with E-state index in [1.165, 1.54) is 19.4 Å². The molecular formula is C16H14ClN3O3S. The Bertz CT molecular complexity index is 1020. The third kappa shape index (κ3) is 3.14. The molecule has 0 spiro atoms. The van der Waals surface area contributed by atoms with Gasteiger partial charge in [-0.3, -0.25) is 4.98 Å². The lowest BCUT2D eigenvalue weighted by molar-refractivity contribution is 0.415. The van der Waals surface area contributed by atoms with Crippen molar-refractivity contribution in [1.82, 2.24) is 4.98 Å². The van der Waals surface area contributed by atoms with Gasteiger partial charge < -0.3 is 10.1 Å². The molecule has 0 aliphatic heterocycles. The third-order valence-electron chi connectivity index (χ3n) is 3.47. The van der Waals surface area contributed by atoms with Gasteiger partial charge in [0.1, 0.15) is 10.6 Å². The van der Waals surface area contributed by atoms with Gasteiger partial charge in [-0.1, -0.05) is 23.7 Å². The number of rotatable bonds is 4. The highest BCUT2D eigenvalue weighted by Gasteiger charge is 2.15. The average molecular weight is 364 g/mol. The number of halogens is 1. The molecule has 0 bridgehead atoms. The van der Waals surface area contributed by atoms with Crippen LogP contribution in [0.15, 0.2) is 53.6 Å². The number of para-hydroxylation sites is 1. The fraction of sp³-hybridized carbons (Fsp3) is 0.0625. The van der Waals surface area contributed by atoms with Gasteiger partial charge in [-0.25, -0.2) is 13.6 Å². The molecule has 124 valence electrons. The number of sulfonamides is 1. The van der Waals surface area contributed by atoms with E-state index in [0.717, 1.165) is 5.69 Å². The lowest BCUT2D eigenvalue weighted by atomic mass is 10.2. The van der Waals surface area contributed by atoms with Crippen LogP contribution in [-0.2, 0) is 10.0 Å². The smallest absolute Gasteiger partial charge is 0.240 e. The summed E-state index contributed by atoms with van der Waals surface area (Å²) in [7, 11) is -2.33. The van der Waals surface area contributed by atoms with Crippen LogP contribution in [0.4, 0.5) is 11.4 Å².